The van der Waals surface area contributed by atoms with Crippen molar-refractivity contribution in [3.63, 3.8) is 0 Å². The number of aromatic nitrogens is 1. The molecule has 1 heterocycles. The standard InChI is InChI=1S/C13H10F3NO2/c14-13(15,16)10-2-4-11(5-3-10)19-12-6-1-9(8-18)7-17-12/h1-7,18H,8H2. The van der Waals surface area contributed by atoms with Gasteiger partial charge in [0.15, 0.2) is 0 Å². The average Bonchev–Trinajstić information content (AvgIpc) is 2.39. The van der Waals surface area contributed by atoms with Crippen molar-refractivity contribution in [2.24, 2.45) is 0 Å². The summed E-state index contributed by atoms with van der Waals surface area (Å²) in [6.45, 7) is -0.131. The van der Waals surface area contributed by atoms with E-state index < -0.39 is 11.7 Å². The summed E-state index contributed by atoms with van der Waals surface area (Å²) in [5, 5.41) is 8.84. The maximum Gasteiger partial charge on any atom is 0.416 e. The first kappa shape index (κ1) is 13.4. The maximum absolute atomic E-state index is 12.4. The average molecular weight is 269 g/mol. The van der Waals surface area contributed by atoms with Crippen LogP contribution in [0.3, 0.4) is 0 Å². The summed E-state index contributed by atoms with van der Waals surface area (Å²) in [6.07, 6.45) is -2.93. The van der Waals surface area contributed by atoms with Gasteiger partial charge in [0.25, 0.3) is 0 Å². The Morgan fingerprint density at radius 1 is 1.05 bits per heavy atom. The fourth-order valence-corrected chi connectivity index (χ4v) is 1.40. The van der Waals surface area contributed by atoms with E-state index in [0.29, 0.717) is 5.56 Å². The number of aliphatic hydroxyl groups excluding tert-OH is 1. The lowest BCUT2D eigenvalue weighted by Gasteiger charge is -2.08. The van der Waals surface area contributed by atoms with Gasteiger partial charge in [-0.1, -0.05) is 0 Å². The summed E-state index contributed by atoms with van der Waals surface area (Å²) in [7, 11) is 0. The van der Waals surface area contributed by atoms with Crippen molar-refractivity contribution < 1.29 is 23.0 Å². The Morgan fingerprint density at radius 2 is 1.74 bits per heavy atom. The highest BCUT2D eigenvalue weighted by Gasteiger charge is 2.30. The van der Waals surface area contributed by atoms with Crippen LogP contribution < -0.4 is 4.74 Å². The van der Waals surface area contributed by atoms with E-state index >= 15 is 0 Å². The summed E-state index contributed by atoms with van der Waals surface area (Å²) >= 11 is 0. The smallest absolute Gasteiger partial charge is 0.416 e. The molecule has 1 N–H and O–H groups in total. The number of halogens is 3. The number of ether oxygens (including phenoxy) is 1. The first-order valence-corrected chi connectivity index (χ1v) is 5.40. The van der Waals surface area contributed by atoms with Crippen LogP contribution in [0.4, 0.5) is 13.2 Å². The lowest BCUT2D eigenvalue weighted by molar-refractivity contribution is -0.137. The van der Waals surface area contributed by atoms with Crippen LogP contribution in [0.15, 0.2) is 42.6 Å². The zero-order valence-electron chi connectivity index (χ0n) is 9.69. The van der Waals surface area contributed by atoms with Gasteiger partial charge in [-0.3, -0.25) is 0 Å². The summed E-state index contributed by atoms with van der Waals surface area (Å²) in [5.74, 6) is 0.509. The molecule has 0 unspecified atom stereocenters. The van der Waals surface area contributed by atoms with Gasteiger partial charge in [0, 0.05) is 12.3 Å². The first-order chi connectivity index (χ1) is 8.99. The minimum absolute atomic E-state index is 0.131. The summed E-state index contributed by atoms with van der Waals surface area (Å²) in [6, 6.07) is 7.49. The van der Waals surface area contributed by atoms with Crippen LogP contribution in [-0.2, 0) is 12.8 Å². The minimum Gasteiger partial charge on any atom is -0.439 e. The third-order valence-electron chi connectivity index (χ3n) is 2.38. The van der Waals surface area contributed by atoms with Crippen LogP contribution in [0.2, 0.25) is 0 Å². The van der Waals surface area contributed by atoms with Crippen molar-refractivity contribution in [2.45, 2.75) is 12.8 Å². The van der Waals surface area contributed by atoms with Gasteiger partial charge in [-0.25, -0.2) is 4.98 Å². The van der Waals surface area contributed by atoms with Crippen molar-refractivity contribution >= 4 is 0 Å². The van der Waals surface area contributed by atoms with Crippen LogP contribution in [0, 0.1) is 0 Å². The molecule has 2 rings (SSSR count). The van der Waals surface area contributed by atoms with Crippen LogP contribution >= 0.6 is 0 Å². The van der Waals surface area contributed by atoms with Crippen LogP contribution in [0.25, 0.3) is 0 Å². The molecule has 0 aliphatic rings. The van der Waals surface area contributed by atoms with E-state index in [-0.39, 0.29) is 18.2 Å². The number of rotatable bonds is 3. The number of hydrogen-bond acceptors (Lipinski definition) is 3. The van der Waals surface area contributed by atoms with Crippen molar-refractivity contribution in [3.8, 4) is 11.6 Å². The van der Waals surface area contributed by atoms with E-state index in [1.54, 1.807) is 6.07 Å². The Balaban J connectivity index is 2.10. The molecule has 0 saturated carbocycles. The topological polar surface area (TPSA) is 42.4 Å². The fraction of sp³-hybridized carbons (Fsp3) is 0.154. The lowest BCUT2D eigenvalue weighted by atomic mass is 10.2. The molecule has 0 spiro atoms. The second-order valence-electron chi connectivity index (χ2n) is 3.79. The molecule has 2 aromatic rings. The minimum atomic E-state index is -4.36. The molecule has 3 nitrogen and oxygen atoms in total. The largest absolute Gasteiger partial charge is 0.439 e. The molecule has 0 bridgehead atoms. The number of nitrogens with zero attached hydrogens (tertiary/aromatic N) is 1. The van der Waals surface area contributed by atoms with Gasteiger partial charge in [-0.05, 0) is 35.9 Å². The van der Waals surface area contributed by atoms with E-state index in [0.717, 1.165) is 12.1 Å². The maximum atomic E-state index is 12.4. The van der Waals surface area contributed by atoms with E-state index in [2.05, 4.69) is 4.98 Å². The number of benzene rings is 1. The SMILES string of the molecule is OCc1ccc(Oc2ccc(C(F)(F)F)cc2)nc1. The van der Waals surface area contributed by atoms with Crippen LogP contribution in [0.5, 0.6) is 11.6 Å². The number of pyridine rings is 1. The Labute approximate surface area is 107 Å². The van der Waals surface area contributed by atoms with E-state index in [9.17, 15) is 13.2 Å². The zero-order chi connectivity index (χ0) is 13.9. The molecule has 0 fully saturated rings. The predicted molar refractivity (Wildman–Crippen MR) is 61.7 cm³/mol. The molecule has 0 aliphatic heterocycles. The Bertz CT molecular complexity index is 535. The molecule has 0 amide bonds. The van der Waals surface area contributed by atoms with Crippen molar-refractivity contribution in [1.82, 2.24) is 4.98 Å². The normalized spacial score (nSPS) is 11.4. The van der Waals surface area contributed by atoms with Gasteiger partial charge in [-0.2, -0.15) is 13.2 Å². The highest BCUT2D eigenvalue weighted by molar-refractivity contribution is 5.32. The first-order valence-electron chi connectivity index (χ1n) is 5.40. The molecule has 19 heavy (non-hydrogen) atoms. The van der Waals surface area contributed by atoms with Gasteiger partial charge in [0.05, 0.1) is 12.2 Å². The quantitative estimate of drug-likeness (QED) is 0.928. The number of alkyl halides is 3. The second-order valence-corrected chi connectivity index (χ2v) is 3.79. The molecular formula is C13H10F3NO2. The fourth-order valence-electron chi connectivity index (χ4n) is 1.40. The molecular weight excluding hydrogens is 259 g/mol. The summed E-state index contributed by atoms with van der Waals surface area (Å²) in [5.41, 5.74) is -0.108. The van der Waals surface area contributed by atoms with E-state index in [1.807, 2.05) is 0 Å². The monoisotopic (exact) mass is 269 g/mol. The second kappa shape index (κ2) is 5.27. The molecule has 0 saturated heterocycles. The Morgan fingerprint density at radius 3 is 2.21 bits per heavy atom. The summed E-state index contributed by atoms with van der Waals surface area (Å²) in [4.78, 5) is 3.91. The van der Waals surface area contributed by atoms with Gasteiger partial charge >= 0.3 is 6.18 Å². The molecule has 100 valence electrons. The number of hydrogen-bond donors (Lipinski definition) is 1. The molecule has 6 heteroatoms. The van der Waals surface area contributed by atoms with Crippen molar-refractivity contribution in [1.29, 1.82) is 0 Å². The van der Waals surface area contributed by atoms with Crippen LogP contribution in [-0.4, -0.2) is 10.1 Å². The van der Waals surface area contributed by atoms with Gasteiger partial charge in [-0.15, -0.1) is 0 Å². The highest BCUT2D eigenvalue weighted by Crippen LogP contribution is 2.31. The zero-order valence-corrected chi connectivity index (χ0v) is 9.69. The summed E-state index contributed by atoms with van der Waals surface area (Å²) < 4.78 is 42.3. The molecule has 1 aromatic carbocycles. The molecule has 1 aromatic heterocycles. The molecule has 0 radical (unpaired) electrons. The van der Waals surface area contributed by atoms with Gasteiger partial charge in [0.1, 0.15) is 5.75 Å². The third kappa shape index (κ3) is 3.45. The van der Waals surface area contributed by atoms with Crippen LogP contribution in [0.1, 0.15) is 11.1 Å². The Hall–Kier alpha value is -2.08. The third-order valence-corrected chi connectivity index (χ3v) is 2.38. The van der Waals surface area contributed by atoms with E-state index in [4.69, 9.17) is 9.84 Å². The highest BCUT2D eigenvalue weighted by atomic mass is 19.4. The Kier molecular flexibility index (Phi) is 3.71. The van der Waals surface area contributed by atoms with Gasteiger partial charge in [0.2, 0.25) is 5.88 Å². The van der Waals surface area contributed by atoms with Crippen molar-refractivity contribution in [3.05, 3.63) is 53.7 Å². The molecule has 0 atom stereocenters. The van der Waals surface area contributed by atoms with Crippen molar-refractivity contribution in [2.75, 3.05) is 0 Å². The lowest BCUT2D eigenvalue weighted by Crippen LogP contribution is -2.04. The van der Waals surface area contributed by atoms with Gasteiger partial charge < -0.3 is 9.84 Å². The molecule has 0 aliphatic carbocycles. The predicted octanol–water partition coefficient (Wildman–Crippen LogP) is 3.39. The number of aliphatic hydroxyl groups is 1. The van der Waals surface area contributed by atoms with E-state index in [1.165, 1.54) is 24.4 Å².